The summed E-state index contributed by atoms with van der Waals surface area (Å²) < 4.78 is 160. The number of unbranched alkanes of at least 4 members (excludes halogenated alkanes) is 1. The van der Waals surface area contributed by atoms with Crippen molar-refractivity contribution in [3.63, 3.8) is 0 Å². The third-order valence-corrected chi connectivity index (χ3v) is 15.3. The number of hydrogen-bond donors (Lipinski definition) is 10. The first kappa shape index (κ1) is 120. The Morgan fingerprint density at radius 3 is 1.06 bits per heavy atom. The van der Waals surface area contributed by atoms with Crippen molar-refractivity contribution >= 4 is 62.3 Å². The Morgan fingerprint density at radius 1 is 0.356 bits per heavy atom. The maximum Gasteiger partial charge on any atom is 0.411 e. The summed E-state index contributed by atoms with van der Waals surface area (Å²) in [6.45, 7) is 23.1. The minimum atomic E-state index is -4.21. The molecule has 6 aromatic carbocycles. The van der Waals surface area contributed by atoms with E-state index in [9.17, 15) is 39.5 Å². The van der Waals surface area contributed by atoms with Gasteiger partial charge in [-0.3, -0.25) is 0 Å². The predicted molar refractivity (Wildman–Crippen MR) is 451 cm³/mol. The molecule has 0 heterocycles. The molecule has 0 radical (unpaired) electrons. The largest absolute Gasteiger partial charge is 0.477 e. The Bertz CT molecular complexity index is 2930. The quantitative estimate of drug-likeness (QED) is 0.0106. The zero-order chi connectivity index (χ0) is 88.9. The van der Waals surface area contributed by atoms with Gasteiger partial charge in [0.1, 0.15) is 36.5 Å². The van der Waals surface area contributed by atoms with Crippen LogP contribution in [0.5, 0.6) is 0 Å². The molecule has 0 atom stereocenters. The molecule has 0 saturated heterocycles. The smallest absolute Gasteiger partial charge is 0.411 e. The fraction of sp³-hybridized carbons (Fsp3) is 0.452. The van der Waals surface area contributed by atoms with Crippen LogP contribution in [-0.4, -0.2) is 171 Å². The van der Waals surface area contributed by atoms with Gasteiger partial charge in [0.2, 0.25) is 0 Å². The molecule has 0 saturated carbocycles. The van der Waals surface area contributed by atoms with Crippen LogP contribution >= 0.6 is 62.3 Å². The van der Waals surface area contributed by atoms with Gasteiger partial charge in [0.25, 0.3) is 6.43 Å². The molecule has 0 spiro atoms. The SMILES string of the molecule is [CH2-][NH2+]CCOCC(C)C.[CH2-][NH2+]CCOCC(F)(F)F.[CH2-][NH2+]CCOCC(F)F.[CH2-][NH2+]CCOCCCC.[CH2-][NH2+]CCOCc1ccc(Br)cc1.[CH2-][NH2+]CCOCc1ccc(Cl)cc1.[CH2-][NH2+]CCOCc1ccc(Cl)cc1Cl.[CH2-][NH2+]CCOCc1ccc(Cl)cc1F.[CH2-][NH2+]CCOCc1ccc(F)cc1F.[CH2-][NH2+]CCOCc1ccccc1F. The highest BCUT2D eigenvalue weighted by Gasteiger charge is 2.27. The summed E-state index contributed by atoms with van der Waals surface area (Å²) in [6.07, 6.45) is -4.17. The second-order valence-corrected chi connectivity index (χ2v) is 27.3. The van der Waals surface area contributed by atoms with Crippen LogP contribution in [0.15, 0.2) is 132 Å². The van der Waals surface area contributed by atoms with E-state index in [1.165, 1.54) is 48.0 Å². The molecule has 0 unspecified atom stereocenters. The predicted octanol–water partition coefficient (Wildman–Crippen LogP) is 7.00. The Morgan fingerprint density at radius 2 is 0.686 bits per heavy atom. The van der Waals surface area contributed by atoms with Crippen molar-refractivity contribution in [1.29, 1.82) is 0 Å². The van der Waals surface area contributed by atoms with E-state index in [2.05, 4.69) is 129 Å². The summed E-state index contributed by atoms with van der Waals surface area (Å²) in [5.41, 5.74) is 4.81. The van der Waals surface area contributed by atoms with Crippen molar-refractivity contribution in [1.82, 2.24) is 0 Å². The molecule has 0 aliphatic rings. The number of ether oxygens (including phenoxy) is 10. The Balaban J connectivity index is -0.000000615. The van der Waals surface area contributed by atoms with Crippen molar-refractivity contribution in [2.45, 2.75) is 85.9 Å². The third kappa shape index (κ3) is 85.1. The normalized spacial score (nSPS) is 10.6. The first-order chi connectivity index (χ1) is 56.7. The molecule has 118 heavy (non-hydrogen) atoms. The minimum Gasteiger partial charge on any atom is -0.477 e. The van der Waals surface area contributed by atoms with Gasteiger partial charge < -0.3 is 101 Å². The molecule has 34 heteroatoms. The first-order valence-electron chi connectivity index (χ1n) is 38.5. The van der Waals surface area contributed by atoms with E-state index in [4.69, 9.17) is 84.3 Å². The van der Waals surface area contributed by atoms with Crippen molar-refractivity contribution in [2.24, 2.45) is 5.92 Å². The fourth-order valence-electron chi connectivity index (χ4n) is 7.50. The second-order valence-electron chi connectivity index (χ2n) is 24.7. The molecule has 6 rings (SSSR count). The first-order valence-corrected chi connectivity index (χ1v) is 40.8. The highest BCUT2D eigenvalue weighted by molar-refractivity contribution is 9.10. The summed E-state index contributed by atoms with van der Waals surface area (Å²) in [7, 11) is 35.5. The zero-order valence-corrected chi connectivity index (χ0v) is 73.7. The average Bonchev–Trinajstić information content (AvgIpc) is 0.895. The van der Waals surface area contributed by atoms with Crippen LogP contribution in [0.3, 0.4) is 0 Å². The maximum atomic E-state index is 13.2. The number of hydrogen-bond acceptors (Lipinski definition) is 10. The Labute approximate surface area is 726 Å². The van der Waals surface area contributed by atoms with Gasteiger partial charge in [0.05, 0.1) is 171 Å². The summed E-state index contributed by atoms with van der Waals surface area (Å²) >= 11 is 26.5. The van der Waals surface area contributed by atoms with Gasteiger partial charge >= 0.3 is 6.18 Å². The lowest BCUT2D eigenvalue weighted by Gasteiger charge is -2.06. The van der Waals surface area contributed by atoms with Gasteiger partial charge in [0, 0.05) is 60.5 Å². The van der Waals surface area contributed by atoms with E-state index in [1.54, 1.807) is 63.7 Å². The van der Waals surface area contributed by atoms with Gasteiger partial charge in [-0.05, 0) is 89.7 Å². The zero-order valence-electron chi connectivity index (χ0n) is 69.1. The van der Waals surface area contributed by atoms with Gasteiger partial charge in [0.15, 0.2) is 0 Å². The number of halogens is 14. The summed E-state index contributed by atoms with van der Waals surface area (Å²) in [5.74, 6) is -1.02. The van der Waals surface area contributed by atoms with Crippen molar-refractivity contribution in [2.75, 3.05) is 158 Å². The minimum absolute atomic E-state index is 0.0863. The molecule has 680 valence electrons. The van der Waals surface area contributed by atoms with Crippen LogP contribution in [0.2, 0.25) is 20.1 Å². The number of benzene rings is 6. The van der Waals surface area contributed by atoms with E-state index in [0.29, 0.717) is 110 Å². The average molecular weight is 1840 g/mol. The number of nitrogens with two attached hydrogens (primary N) is 10. The van der Waals surface area contributed by atoms with E-state index in [1.807, 2.05) is 69.0 Å². The van der Waals surface area contributed by atoms with Crippen LogP contribution in [0.1, 0.15) is 67.0 Å². The molecular formula is C84H136BrCl4F9N10O10. The number of alkyl halides is 5. The molecule has 0 aliphatic carbocycles. The summed E-state index contributed by atoms with van der Waals surface area (Å²) in [6, 6.07) is 35.9. The van der Waals surface area contributed by atoms with Crippen molar-refractivity contribution in [3.05, 3.63) is 279 Å². The lowest BCUT2D eigenvalue weighted by molar-refractivity contribution is -0.598. The van der Waals surface area contributed by atoms with E-state index < -0.39 is 37.4 Å². The van der Waals surface area contributed by atoms with Crippen LogP contribution < -0.4 is 53.2 Å². The second kappa shape index (κ2) is 88.8. The highest BCUT2D eigenvalue weighted by atomic mass is 79.9. The van der Waals surface area contributed by atoms with Gasteiger partial charge in [-0.2, -0.15) is 83.6 Å². The number of rotatable bonds is 50. The monoisotopic (exact) mass is 1830 g/mol. The fourth-order valence-corrected chi connectivity index (χ4v) is 8.51. The Kier molecular flexibility index (Phi) is 90.2. The summed E-state index contributed by atoms with van der Waals surface area (Å²) in [5, 5.41) is 20.1. The molecule has 20 N–H and O–H groups in total. The van der Waals surface area contributed by atoms with Gasteiger partial charge in [-0.1, -0.05) is 150 Å². The molecule has 0 aromatic heterocycles. The molecule has 0 fully saturated rings. The number of quaternary nitrogens is 10. The van der Waals surface area contributed by atoms with Gasteiger partial charge in [-0.25, -0.2) is 26.3 Å². The summed E-state index contributed by atoms with van der Waals surface area (Å²) in [4.78, 5) is 0. The Hall–Kier alpha value is -4.47. The standard InChI is InChI=1S/C10H14BrNO.C10H13Cl2NO.C10H13ClFNO.C10H14ClNO.C10H13F2NO.C10H14FNO.2C7H17NO.C5H10F3NO.C5H11F2NO/c1-12-6-7-13-8-9-2-4-10(11)5-3-9;2*1-13-4-5-14-7-8-2-3-9(11)6-10(8)12;1-12-6-7-13-8-9-2-4-10(11)5-3-9;1-13-4-5-14-7-8-2-3-9(11)6-10(8)12;1-12-6-7-13-8-9-4-2-3-5-10(9)11;1-7(2)6-9-5-4-8-3;1-3-4-6-9-7-5-8-2;1-9-2-3-10-4-5(6,7)8;1-8-2-3-9-4-5(6)7/h2-5H,1,6-8,12H2;2*2-3,6H,1,4-5,7,13H2;2-5H,1,6-8,12H2;2-3,6H,1,4-5,7,13H2;2-5H,1,6-8,12H2;7H,3-6,8H2,1-2H3;2-8H2,1H3;1-4,9H2;5H,1-4,8H2. The molecule has 0 amide bonds. The van der Waals surface area contributed by atoms with Crippen LogP contribution in [0, 0.1) is 99.7 Å². The van der Waals surface area contributed by atoms with E-state index >= 15 is 0 Å². The lowest BCUT2D eigenvalue weighted by Crippen LogP contribution is -2.78. The molecule has 20 nitrogen and oxygen atoms in total. The van der Waals surface area contributed by atoms with Crippen LogP contribution in [-0.2, 0) is 87.0 Å². The highest BCUT2D eigenvalue weighted by Crippen LogP contribution is 2.22. The van der Waals surface area contributed by atoms with E-state index in [0.717, 1.165) is 119 Å². The lowest BCUT2D eigenvalue weighted by atomic mass is 10.2. The molecular weight excluding hydrogens is 1700 g/mol. The van der Waals surface area contributed by atoms with Gasteiger partial charge in [-0.15, -0.1) is 0 Å². The molecule has 6 aromatic rings. The topological polar surface area (TPSA) is 258 Å². The van der Waals surface area contributed by atoms with Crippen LogP contribution in [0.25, 0.3) is 0 Å². The van der Waals surface area contributed by atoms with Crippen LogP contribution in [0.4, 0.5) is 39.5 Å². The van der Waals surface area contributed by atoms with Crippen molar-refractivity contribution < 1.29 is 140 Å². The van der Waals surface area contributed by atoms with Crippen molar-refractivity contribution in [3.8, 4) is 0 Å². The molecule has 0 bridgehead atoms. The third-order valence-electron chi connectivity index (χ3n) is 13.7. The molecule has 0 aliphatic heterocycles. The maximum absolute atomic E-state index is 13.2. The van der Waals surface area contributed by atoms with E-state index in [-0.39, 0.29) is 31.5 Å².